The Hall–Kier alpha value is -2.60. The van der Waals surface area contributed by atoms with Gasteiger partial charge < -0.3 is 9.64 Å². The summed E-state index contributed by atoms with van der Waals surface area (Å²) in [6, 6.07) is 5.37. The first-order valence-electron chi connectivity index (χ1n) is 9.63. The maximum Gasteiger partial charge on any atom is 0.163 e. The maximum absolute atomic E-state index is 14.9. The Morgan fingerprint density at radius 1 is 1.18 bits per heavy atom. The standard InChI is InChI=1S/C22H25FN4O/c1-13-8-14(2)19(18(9-13)28-4)20-17(23)10-16-11-24-21(26-22(16)25-20)15-6-5-7-27(3)12-15/h8-11,15H,5-7,12H2,1-4H3. The Balaban J connectivity index is 1.83. The van der Waals surface area contributed by atoms with Crippen LogP contribution < -0.4 is 4.74 Å². The highest BCUT2D eigenvalue weighted by atomic mass is 19.1. The molecule has 0 radical (unpaired) electrons. The summed E-state index contributed by atoms with van der Waals surface area (Å²) in [5.74, 6) is 1.30. The molecule has 1 aliphatic rings. The summed E-state index contributed by atoms with van der Waals surface area (Å²) in [4.78, 5) is 16.1. The lowest BCUT2D eigenvalue weighted by Crippen LogP contribution is -2.31. The van der Waals surface area contributed by atoms with Gasteiger partial charge >= 0.3 is 0 Å². The van der Waals surface area contributed by atoms with Crippen LogP contribution in [0, 0.1) is 19.7 Å². The first kappa shape index (κ1) is 18.7. The number of likely N-dealkylation sites (tertiary alicyclic amines) is 1. The smallest absolute Gasteiger partial charge is 0.163 e. The van der Waals surface area contributed by atoms with E-state index in [2.05, 4.69) is 21.9 Å². The Bertz CT molecular complexity index is 1040. The van der Waals surface area contributed by atoms with Gasteiger partial charge in [0.15, 0.2) is 5.65 Å². The number of hydrogen-bond donors (Lipinski definition) is 0. The van der Waals surface area contributed by atoms with E-state index in [9.17, 15) is 4.39 Å². The number of ether oxygens (including phenoxy) is 1. The van der Waals surface area contributed by atoms with E-state index in [1.165, 1.54) is 6.07 Å². The van der Waals surface area contributed by atoms with Gasteiger partial charge in [-0.15, -0.1) is 0 Å². The maximum atomic E-state index is 14.9. The zero-order valence-corrected chi connectivity index (χ0v) is 16.8. The molecule has 0 amide bonds. The van der Waals surface area contributed by atoms with Crippen molar-refractivity contribution in [2.24, 2.45) is 0 Å². The van der Waals surface area contributed by atoms with Crippen molar-refractivity contribution < 1.29 is 9.13 Å². The number of pyridine rings is 1. The summed E-state index contributed by atoms with van der Waals surface area (Å²) >= 11 is 0. The number of fused-ring (bicyclic) bond motifs is 1. The number of piperidine rings is 1. The molecule has 1 saturated heterocycles. The molecule has 1 aromatic carbocycles. The minimum atomic E-state index is -0.397. The zero-order chi connectivity index (χ0) is 19.8. The molecule has 146 valence electrons. The predicted octanol–water partition coefficient (Wildman–Crippen LogP) is 4.27. The molecule has 1 unspecified atom stereocenters. The normalized spacial score (nSPS) is 17.8. The lowest BCUT2D eigenvalue weighted by Gasteiger charge is -2.28. The van der Waals surface area contributed by atoms with E-state index in [1.54, 1.807) is 13.3 Å². The van der Waals surface area contributed by atoms with E-state index in [0.717, 1.165) is 42.9 Å². The number of likely N-dealkylation sites (N-methyl/N-ethyl adjacent to an activating group) is 1. The third-order valence-electron chi connectivity index (χ3n) is 5.43. The number of aryl methyl sites for hydroxylation is 2. The molecule has 0 saturated carbocycles. The summed E-state index contributed by atoms with van der Waals surface area (Å²) in [5.41, 5.74) is 3.45. The van der Waals surface area contributed by atoms with Gasteiger partial charge in [0, 0.05) is 29.6 Å². The molecule has 28 heavy (non-hydrogen) atoms. The van der Waals surface area contributed by atoms with Crippen molar-refractivity contribution in [3.8, 4) is 17.0 Å². The van der Waals surface area contributed by atoms with E-state index < -0.39 is 5.82 Å². The van der Waals surface area contributed by atoms with Crippen molar-refractivity contribution in [3.05, 3.63) is 47.2 Å². The first-order chi connectivity index (χ1) is 13.5. The summed E-state index contributed by atoms with van der Waals surface area (Å²) in [6.45, 7) is 5.97. The molecular weight excluding hydrogens is 355 g/mol. The molecular formula is C22H25FN4O. The third-order valence-corrected chi connectivity index (χ3v) is 5.43. The van der Waals surface area contributed by atoms with E-state index >= 15 is 0 Å². The highest BCUT2D eigenvalue weighted by Crippen LogP contribution is 2.35. The van der Waals surface area contributed by atoms with E-state index in [-0.39, 0.29) is 11.6 Å². The number of benzene rings is 1. The van der Waals surface area contributed by atoms with Gasteiger partial charge in [0.05, 0.1) is 7.11 Å². The summed E-state index contributed by atoms with van der Waals surface area (Å²) in [7, 11) is 3.71. The fourth-order valence-electron chi connectivity index (χ4n) is 4.09. The lowest BCUT2D eigenvalue weighted by atomic mass is 9.97. The molecule has 3 heterocycles. The molecule has 5 nitrogen and oxygen atoms in total. The molecule has 0 aliphatic carbocycles. The monoisotopic (exact) mass is 380 g/mol. The average Bonchev–Trinajstić information content (AvgIpc) is 2.67. The molecule has 3 aromatic rings. The van der Waals surface area contributed by atoms with Crippen LogP contribution in [-0.4, -0.2) is 47.1 Å². The molecule has 0 N–H and O–H groups in total. The fourth-order valence-corrected chi connectivity index (χ4v) is 4.09. The highest BCUT2D eigenvalue weighted by Gasteiger charge is 2.23. The number of hydrogen-bond acceptors (Lipinski definition) is 5. The van der Waals surface area contributed by atoms with Gasteiger partial charge in [-0.1, -0.05) is 6.07 Å². The van der Waals surface area contributed by atoms with Gasteiger partial charge in [0.1, 0.15) is 23.1 Å². The largest absolute Gasteiger partial charge is 0.496 e. The molecule has 1 atom stereocenters. The number of nitrogens with zero attached hydrogens (tertiary/aromatic N) is 4. The van der Waals surface area contributed by atoms with Gasteiger partial charge in [-0.3, -0.25) is 0 Å². The van der Waals surface area contributed by atoms with Gasteiger partial charge in [-0.25, -0.2) is 19.3 Å². The van der Waals surface area contributed by atoms with E-state index in [4.69, 9.17) is 9.72 Å². The molecule has 0 spiro atoms. The second-order valence-electron chi connectivity index (χ2n) is 7.72. The molecule has 0 bridgehead atoms. The first-order valence-corrected chi connectivity index (χ1v) is 9.63. The summed E-state index contributed by atoms with van der Waals surface area (Å²) in [5, 5.41) is 0.609. The number of halogens is 1. The SMILES string of the molecule is COc1cc(C)cc(C)c1-c1nc2nc(C3CCCN(C)C3)ncc2cc1F. The van der Waals surface area contributed by atoms with Crippen LogP contribution in [0.2, 0.25) is 0 Å². The van der Waals surface area contributed by atoms with Crippen LogP contribution in [0.5, 0.6) is 5.75 Å². The number of aromatic nitrogens is 3. The number of rotatable bonds is 3. The van der Waals surface area contributed by atoms with Crippen LogP contribution in [0.4, 0.5) is 4.39 Å². The van der Waals surface area contributed by atoms with Gasteiger partial charge in [-0.05, 0) is 63.5 Å². The topological polar surface area (TPSA) is 51.1 Å². The third kappa shape index (κ3) is 3.44. The minimum absolute atomic E-state index is 0.271. The predicted molar refractivity (Wildman–Crippen MR) is 108 cm³/mol. The van der Waals surface area contributed by atoms with Gasteiger partial charge in [0.2, 0.25) is 0 Å². The Labute approximate surface area is 164 Å². The van der Waals surface area contributed by atoms with Gasteiger partial charge in [-0.2, -0.15) is 0 Å². The summed E-state index contributed by atoms with van der Waals surface area (Å²) in [6.07, 6.45) is 3.88. The van der Waals surface area contributed by atoms with Crippen LogP contribution in [0.1, 0.15) is 35.7 Å². The van der Waals surface area contributed by atoms with Crippen molar-refractivity contribution in [3.63, 3.8) is 0 Å². The molecule has 6 heteroatoms. The van der Waals surface area contributed by atoms with Crippen molar-refractivity contribution in [1.29, 1.82) is 0 Å². The Kier molecular flexibility index (Phi) is 4.98. The summed E-state index contributed by atoms with van der Waals surface area (Å²) < 4.78 is 20.4. The minimum Gasteiger partial charge on any atom is -0.496 e. The van der Waals surface area contributed by atoms with Crippen molar-refractivity contribution in [2.75, 3.05) is 27.2 Å². The van der Waals surface area contributed by atoms with Crippen molar-refractivity contribution >= 4 is 11.0 Å². The molecule has 1 aliphatic heterocycles. The highest BCUT2D eigenvalue weighted by molar-refractivity contribution is 5.81. The molecule has 1 fully saturated rings. The average molecular weight is 380 g/mol. The van der Waals surface area contributed by atoms with E-state index in [1.807, 2.05) is 26.0 Å². The Morgan fingerprint density at radius 3 is 2.75 bits per heavy atom. The second kappa shape index (κ2) is 7.43. The van der Waals surface area contributed by atoms with Crippen molar-refractivity contribution in [1.82, 2.24) is 19.9 Å². The zero-order valence-electron chi connectivity index (χ0n) is 16.8. The van der Waals surface area contributed by atoms with Crippen molar-refractivity contribution in [2.45, 2.75) is 32.6 Å². The van der Waals surface area contributed by atoms with E-state index in [0.29, 0.717) is 22.3 Å². The van der Waals surface area contributed by atoms with Crippen LogP contribution >= 0.6 is 0 Å². The van der Waals surface area contributed by atoms with Gasteiger partial charge in [0.25, 0.3) is 0 Å². The van der Waals surface area contributed by atoms with Crippen LogP contribution in [0.15, 0.2) is 24.4 Å². The number of methoxy groups -OCH3 is 1. The fraction of sp³-hybridized carbons (Fsp3) is 0.409. The second-order valence-corrected chi connectivity index (χ2v) is 7.72. The quantitative estimate of drug-likeness (QED) is 0.679. The van der Waals surface area contributed by atoms with Crippen LogP contribution in [0.25, 0.3) is 22.3 Å². The Morgan fingerprint density at radius 2 is 2.00 bits per heavy atom. The van der Waals surface area contributed by atoms with Crippen LogP contribution in [0.3, 0.4) is 0 Å². The van der Waals surface area contributed by atoms with Crippen LogP contribution in [-0.2, 0) is 0 Å². The molecule has 2 aromatic heterocycles. The molecule has 4 rings (SSSR count). The lowest BCUT2D eigenvalue weighted by molar-refractivity contribution is 0.246.